The molecule has 0 spiro atoms. The highest BCUT2D eigenvalue weighted by atomic mass is 16.3. The average molecular weight is 254 g/mol. The molecular formula is C14H26N2O2. The summed E-state index contributed by atoms with van der Waals surface area (Å²) in [6.07, 6.45) is 8.58. The van der Waals surface area contributed by atoms with Gasteiger partial charge in [0.2, 0.25) is 5.91 Å². The maximum Gasteiger partial charge on any atom is 0.223 e. The van der Waals surface area contributed by atoms with Crippen LogP contribution in [0.3, 0.4) is 0 Å². The van der Waals surface area contributed by atoms with E-state index in [1.54, 1.807) is 0 Å². The van der Waals surface area contributed by atoms with Crippen LogP contribution in [0.25, 0.3) is 0 Å². The molecule has 104 valence electrons. The van der Waals surface area contributed by atoms with Gasteiger partial charge in [-0.1, -0.05) is 19.3 Å². The molecule has 0 saturated heterocycles. The number of aliphatic hydroxyl groups is 1. The van der Waals surface area contributed by atoms with Crippen molar-refractivity contribution < 1.29 is 9.90 Å². The molecule has 0 atom stereocenters. The van der Waals surface area contributed by atoms with Gasteiger partial charge in [0, 0.05) is 19.0 Å². The van der Waals surface area contributed by atoms with Crippen molar-refractivity contribution in [2.75, 3.05) is 19.7 Å². The van der Waals surface area contributed by atoms with Crippen LogP contribution in [0.4, 0.5) is 0 Å². The van der Waals surface area contributed by atoms with Gasteiger partial charge in [0.15, 0.2) is 0 Å². The minimum atomic E-state index is 0.0673. The fraction of sp³-hybridized carbons (Fsp3) is 0.929. The molecular weight excluding hydrogens is 228 g/mol. The van der Waals surface area contributed by atoms with Gasteiger partial charge in [0.05, 0.1) is 6.61 Å². The summed E-state index contributed by atoms with van der Waals surface area (Å²) in [5.41, 5.74) is 5.90. The Kier molecular flexibility index (Phi) is 4.62. The van der Waals surface area contributed by atoms with Crippen LogP contribution in [0.2, 0.25) is 0 Å². The Morgan fingerprint density at radius 1 is 1.28 bits per heavy atom. The van der Waals surface area contributed by atoms with Gasteiger partial charge in [0.1, 0.15) is 0 Å². The molecule has 0 radical (unpaired) electrons. The Labute approximate surface area is 110 Å². The largest absolute Gasteiger partial charge is 0.395 e. The summed E-state index contributed by atoms with van der Waals surface area (Å²) in [6.45, 7) is 1.18. The number of carbonyl (C=O) groups is 1. The molecule has 0 aromatic carbocycles. The van der Waals surface area contributed by atoms with Crippen molar-refractivity contribution in [3.63, 3.8) is 0 Å². The number of rotatable bonds is 6. The molecule has 1 amide bonds. The average Bonchev–Trinajstić information content (AvgIpc) is 2.84. The van der Waals surface area contributed by atoms with Crippen LogP contribution < -0.4 is 5.73 Å². The Morgan fingerprint density at radius 3 is 2.39 bits per heavy atom. The number of carbonyl (C=O) groups excluding carboxylic acids is 1. The van der Waals surface area contributed by atoms with E-state index >= 15 is 0 Å². The summed E-state index contributed by atoms with van der Waals surface area (Å²) in [4.78, 5) is 14.4. The quantitative estimate of drug-likeness (QED) is 0.750. The van der Waals surface area contributed by atoms with E-state index in [0.29, 0.717) is 25.6 Å². The van der Waals surface area contributed by atoms with E-state index in [4.69, 9.17) is 10.8 Å². The van der Waals surface area contributed by atoms with Gasteiger partial charge < -0.3 is 15.7 Å². The molecule has 2 aliphatic carbocycles. The Morgan fingerprint density at radius 2 is 1.94 bits per heavy atom. The lowest BCUT2D eigenvalue weighted by Crippen LogP contribution is -2.46. The molecule has 4 heteroatoms. The third-order valence-corrected chi connectivity index (χ3v) is 4.80. The molecule has 0 unspecified atom stereocenters. The van der Waals surface area contributed by atoms with Crippen molar-refractivity contribution in [3.8, 4) is 0 Å². The number of amides is 1. The fourth-order valence-corrected chi connectivity index (χ4v) is 3.39. The number of nitrogens with two attached hydrogens (primary N) is 1. The van der Waals surface area contributed by atoms with Crippen LogP contribution in [-0.2, 0) is 4.79 Å². The lowest BCUT2D eigenvalue weighted by molar-refractivity contribution is -0.138. The molecule has 2 fully saturated rings. The van der Waals surface area contributed by atoms with Crippen LogP contribution in [0.15, 0.2) is 0 Å². The monoisotopic (exact) mass is 254 g/mol. The van der Waals surface area contributed by atoms with E-state index in [-0.39, 0.29) is 17.9 Å². The Balaban J connectivity index is 1.94. The predicted octanol–water partition coefficient (Wildman–Crippen LogP) is 1.27. The molecule has 0 aliphatic heterocycles. The number of nitrogens with zero attached hydrogens (tertiary/aromatic N) is 1. The van der Waals surface area contributed by atoms with Crippen LogP contribution in [-0.4, -0.2) is 41.7 Å². The summed E-state index contributed by atoms with van der Waals surface area (Å²) in [6, 6.07) is 0.361. The smallest absolute Gasteiger partial charge is 0.223 e. The van der Waals surface area contributed by atoms with E-state index in [0.717, 1.165) is 25.7 Å². The Hall–Kier alpha value is -0.610. The molecule has 2 saturated carbocycles. The second-order valence-corrected chi connectivity index (χ2v) is 5.98. The standard InChI is InChI=1S/C14H26N2O2/c15-11-14(6-3-7-14)10-13(18)16(8-9-17)12-4-1-2-5-12/h12,17H,1-11,15H2. The zero-order chi connectivity index (χ0) is 13.0. The minimum absolute atomic E-state index is 0.0673. The molecule has 3 N–H and O–H groups in total. The Bertz CT molecular complexity index is 278. The summed E-state index contributed by atoms with van der Waals surface area (Å²) >= 11 is 0. The van der Waals surface area contributed by atoms with Crippen molar-refractivity contribution in [1.82, 2.24) is 4.90 Å². The fourth-order valence-electron chi connectivity index (χ4n) is 3.39. The summed E-state index contributed by atoms with van der Waals surface area (Å²) in [5.74, 6) is 0.209. The molecule has 0 heterocycles. The van der Waals surface area contributed by atoms with Crippen molar-refractivity contribution in [2.24, 2.45) is 11.1 Å². The number of aliphatic hydroxyl groups excluding tert-OH is 1. The van der Waals surface area contributed by atoms with Gasteiger partial charge in [-0.25, -0.2) is 0 Å². The third kappa shape index (κ3) is 2.86. The number of hydrogen-bond acceptors (Lipinski definition) is 3. The summed E-state index contributed by atoms with van der Waals surface area (Å²) in [7, 11) is 0. The predicted molar refractivity (Wildman–Crippen MR) is 71.0 cm³/mol. The molecule has 2 rings (SSSR count). The van der Waals surface area contributed by atoms with E-state index in [2.05, 4.69) is 0 Å². The van der Waals surface area contributed by atoms with E-state index in [1.165, 1.54) is 19.3 Å². The van der Waals surface area contributed by atoms with Crippen molar-refractivity contribution in [1.29, 1.82) is 0 Å². The lowest BCUT2D eigenvalue weighted by atomic mass is 9.66. The SMILES string of the molecule is NCC1(CC(=O)N(CCO)C2CCCC2)CCC1. The van der Waals surface area contributed by atoms with Crippen LogP contribution in [0.5, 0.6) is 0 Å². The first-order valence-electron chi connectivity index (χ1n) is 7.31. The van der Waals surface area contributed by atoms with Gasteiger partial charge in [-0.3, -0.25) is 4.79 Å². The lowest BCUT2D eigenvalue weighted by Gasteiger charge is -2.42. The summed E-state index contributed by atoms with van der Waals surface area (Å²) in [5, 5.41) is 9.15. The first kappa shape index (κ1) is 13.8. The third-order valence-electron chi connectivity index (χ3n) is 4.80. The van der Waals surface area contributed by atoms with Gasteiger partial charge in [0.25, 0.3) is 0 Å². The van der Waals surface area contributed by atoms with Crippen molar-refractivity contribution >= 4 is 5.91 Å². The molecule has 0 bridgehead atoms. The molecule has 2 aliphatic rings. The van der Waals surface area contributed by atoms with Crippen LogP contribution in [0.1, 0.15) is 51.4 Å². The van der Waals surface area contributed by atoms with E-state index in [9.17, 15) is 4.79 Å². The topological polar surface area (TPSA) is 66.6 Å². The maximum absolute atomic E-state index is 12.4. The molecule has 0 aromatic heterocycles. The van der Waals surface area contributed by atoms with Crippen LogP contribution >= 0.6 is 0 Å². The van der Waals surface area contributed by atoms with Gasteiger partial charge in [-0.05, 0) is 37.6 Å². The van der Waals surface area contributed by atoms with Gasteiger partial charge in [-0.15, -0.1) is 0 Å². The minimum Gasteiger partial charge on any atom is -0.395 e. The highest BCUT2D eigenvalue weighted by molar-refractivity contribution is 5.77. The van der Waals surface area contributed by atoms with Crippen LogP contribution in [0, 0.1) is 5.41 Å². The van der Waals surface area contributed by atoms with Crippen molar-refractivity contribution in [3.05, 3.63) is 0 Å². The molecule has 18 heavy (non-hydrogen) atoms. The first-order chi connectivity index (χ1) is 8.71. The normalized spacial score (nSPS) is 22.8. The second kappa shape index (κ2) is 6.02. The molecule has 0 aromatic rings. The van der Waals surface area contributed by atoms with E-state index < -0.39 is 0 Å². The zero-order valence-corrected chi connectivity index (χ0v) is 11.2. The highest BCUT2D eigenvalue weighted by Crippen LogP contribution is 2.43. The highest BCUT2D eigenvalue weighted by Gasteiger charge is 2.39. The molecule has 4 nitrogen and oxygen atoms in total. The number of hydrogen-bond donors (Lipinski definition) is 2. The summed E-state index contributed by atoms with van der Waals surface area (Å²) < 4.78 is 0. The maximum atomic E-state index is 12.4. The van der Waals surface area contributed by atoms with Crippen molar-refractivity contribution in [2.45, 2.75) is 57.4 Å². The second-order valence-electron chi connectivity index (χ2n) is 5.98. The van der Waals surface area contributed by atoms with Gasteiger partial charge in [-0.2, -0.15) is 0 Å². The first-order valence-corrected chi connectivity index (χ1v) is 7.31. The van der Waals surface area contributed by atoms with E-state index in [1.807, 2.05) is 4.90 Å². The zero-order valence-electron chi connectivity index (χ0n) is 11.2. The van der Waals surface area contributed by atoms with Gasteiger partial charge >= 0.3 is 0 Å².